The number of carboxylic acid groups (broad SMARTS) is 1. The van der Waals surface area contributed by atoms with Crippen molar-refractivity contribution in [1.29, 1.82) is 5.26 Å². The van der Waals surface area contributed by atoms with Crippen molar-refractivity contribution in [2.45, 2.75) is 51.5 Å². The number of carbonyl (C=O) groups is 1. The van der Waals surface area contributed by atoms with Crippen LogP contribution in [0.5, 0.6) is 0 Å². The highest BCUT2D eigenvalue weighted by atomic mass is 16.4. The molecule has 2 fully saturated rings. The molecule has 2 unspecified atom stereocenters. The first-order valence-corrected chi connectivity index (χ1v) is 12.9. The Hall–Kier alpha value is -3.30. The van der Waals surface area contributed by atoms with Crippen LogP contribution in [-0.2, 0) is 11.2 Å². The Morgan fingerprint density at radius 3 is 2.71 bits per heavy atom. The number of likely N-dealkylation sites (tertiary alicyclic amines) is 1. The van der Waals surface area contributed by atoms with Crippen molar-refractivity contribution in [2.75, 3.05) is 31.1 Å². The summed E-state index contributed by atoms with van der Waals surface area (Å²) in [7, 11) is 0. The van der Waals surface area contributed by atoms with Gasteiger partial charge in [-0.05, 0) is 86.9 Å². The lowest BCUT2D eigenvalue weighted by Crippen LogP contribution is -2.29. The Kier molecular flexibility index (Phi) is 5.53. The number of aliphatic carboxylic acids is 1. The summed E-state index contributed by atoms with van der Waals surface area (Å²) in [5, 5.41) is 20.5. The fourth-order valence-electron chi connectivity index (χ4n) is 6.52. The summed E-state index contributed by atoms with van der Waals surface area (Å²) in [5.74, 6) is -0.199. The van der Waals surface area contributed by atoms with Crippen LogP contribution in [0.3, 0.4) is 0 Å². The van der Waals surface area contributed by atoms with Gasteiger partial charge in [-0.3, -0.25) is 9.69 Å². The smallest absolute Gasteiger partial charge is 0.307 e. The number of fused-ring (bicyclic) bond motifs is 2. The Bertz CT molecular complexity index is 1350. The van der Waals surface area contributed by atoms with E-state index in [1.165, 1.54) is 36.1 Å². The summed E-state index contributed by atoms with van der Waals surface area (Å²) in [6.07, 6.45) is 6.21. The third-order valence-electron chi connectivity index (χ3n) is 8.36. The van der Waals surface area contributed by atoms with Gasteiger partial charge in [-0.15, -0.1) is 0 Å². The van der Waals surface area contributed by atoms with E-state index in [9.17, 15) is 15.2 Å². The lowest BCUT2D eigenvalue weighted by atomic mass is 9.98. The second-order valence-electron chi connectivity index (χ2n) is 10.3. The minimum Gasteiger partial charge on any atom is -0.481 e. The number of hydrogen-bond donors (Lipinski definition) is 1. The van der Waals surface area contributed by atoms with Gasteiger partial charge in [-0.25, -0.2) is 0 Å². The van der Waals surface area contributed by atoms with Gasteiger partial charge in [-0.1, -0.05) is 12.1 Å². The van der Waals surface area contributed by atoms with Gasteiger partial charge in [-0.2, -0.15) is 5.26 Å². The van der Waals surface area contributed by atoms with Crippen molar-refractivity contribution in [2.24, 2.45) is 5.92 Å². The second-order valence-corrected chi connectivity index (χ2v) is 10.3. The molecule has 180 valence electrons. The van der Waals surface area contributed by atoms with Crippen molar-refractivity contribution in [3.63, 3.8) is 0 Å². The molecular weight excluding hydrogens is 438 g/mol. The minimum absolute atomic E-state index is 0.174. The highest BCUT2D eigenvalue weighted by Gasteiger charge is 2.37. The third kappa shape index (κ3) is 3.70. The molecule has 6 nitrogen and oxygen atoms in total. The van der Waals surface area contributed by atoms with E-state index in [0.29, 0.717) is 24.1 Å². The molecule has 2 saturated heterocycles. The van der Waals surface area contributed by atoms with Crippen molar-refractivity contribution >= 4 is 22.6 Å². The minimum atomic E-state index is -0.708. The predicted octanol–water partition coefficient (Wildman–Crippen LogP) is 5.66. The summed E-state index contributed by atoms with van der Waals surface area (Å²) >= 11 is 0. The molecule has 6 rings (SSSR count). The first kappa shape index (κ1) is 22.2. The van der Waals surface area contributed by atoms with Gasteiger partial charge in [0, 0.05) is 42.3 Å². The number of anilines is 1. The lowest BCUT2D eigenvalue weighted by Gasteiger charge is -2.30. The quantitative estimate of drug-likeness (QED) is 0.531. The van der Waals surface area contributed by atoms with E-state index in [1.54, 1.807) is 0 Å². The van der Waals surface area contributed by atoms with Crippen molar-refractivity contribution in [3.8, 4) is 17.4 Å². The molecule has 35 heavy (non-hydrogen) atoms. The zero-order valence-electron chi connectivity index (χ0n) is 20.2. The average Bonchev–Trinajstić information content (AvgIpc) is 3.61. The SMILES string of the molecule is Cc1c(-c2cc3cc4c(c(C#N)c3o2)CCC4N2CCC(C(=O)O)C2)cccc1N1CCCCC1. The second kappa shape index (κ2) is 8.73. The first-order chi connectivity index (χ1) is 17.0. The van der Waals surface area contributed by atoms with E-state index in [0.717, 1.165) is 54.7 Å². The van der Waals surface area contributed by atoms with Crippen LogP contribution < -0.4 is 4.90 Å². The number of rotatable bonds is 4. The monoisotopic (exact) mass is 469 g/mol. The van der Waals surface area contributed by atoms with E-state index in [4.69, 9.17) is 4.42 Å². The maximum atomic E-state index is 11.5. The largest absolute Gasteiger partial charge is 0.481 e. The summed E-state index contributed by atoms with van der Waals surface area (Å²) in [6.45, 7) is 5.73. The van der Waals surface area contributed by atoms with E-state index in [1.807, 2.05) is 0 Å². The molecule has 3 aliphatic rings. The molecule has 1 aliphatic carbocycles. The van der Waals surface area contributed by atoms with Gasteiger partial charge < -0.3 is 14.4 Å². The fraction of sp³-hybridized carbons (Fsp3) is 0.448. The molecule has 6 heteroatoms. The van der Waals surface area contributed by atoms with Crippen LogP contribution in [0, 0.1) is 24.2 Å². The topological polar surface area (TPSA) is 80.7 Å². The number of hydrogen-bond acceptors (Lipinski definition) is 5. The number of furan rings is 1. The van der Waals surface area contributed by atoms with E-state index in [2.05, 4.69) is 53.1 Å². The third-order valence-corrected chi connectivity index (χ3v) is 8.36. The molecule has 3 heterocycles. The van der Waals surface area contributed by atoms with Crippen molar-refractivity contribution in [3.05, 3.63) is 52.6 Å². The summed E-state index contributed by atoms with van der Waals surface area (Å²) in [6, 6.07) is 13.3. The Labute approximate surface area is 205 Å². The van der Waals surface area contributed by atoms with Gasteiger partial charge in [0.1, 0.15) is 11.8 Å². The molecular formula is C29H31N3O3. The standard InChI is InChI=1S/C29H31N3O3/c1-18-21(6-5-7-25(18)31-11-3-2-4-12-31)27-15-20-14-23-22(24(16-30)28(20)35-27)8-9-26(23)32-13-10-19(17-32)29(33)34/h5-7,14-15,19,26H,2-4,8-13,17H2,1H3,(H,33,34). The van der Waals surface area contributed by atoms with E-state index < -0.39 is 5.97 Å². The molecule has 2 atom stereocenters. The number of benzene rings is 2. The molecule has 0 saturated carbocycles. The van der Waals surface area contributed by atoms with E-state index in [-0.39, 0.29) is 12.0 Å². The number of nitrogens with zero attached hydrogens (tertiary/aromatic N) is 3. The van der Waals surface area contributed by atoms with Crippen LogP contribution in [0.25, 0.3) is 22.3 Å². The molecule has 3 aromatic rings. The molecule has 1 N–H and O–H groups in total. The maximum Gasteiger partial charge on any atom is 0.307 e. The van der Waals surface area contributed by atoms with Crippen LogP contribution in [0.15, 0.2) is 34.7 Å². The zero-order valence-corrected chi connectivity index (χ0v) is 20.2. The average molecular weight is 470 g/mol. The van der Waals surface area contributed by atoms with Crippen LogP contribution >= 0.6 is 0 Å². The fourth-order valence-corrected chi connectivity index (χ4v) is 6.52. The predicted molar refractivity (Wildman–Crippen MR) is 136 cm³/mol. The summed E-state index contributed by atoms with van der Waals surface area (Å²) in [4.78, 5) is 16.3. The Morgan fingerprint density at radius 1 is 1.14 bits per heavy atom. The highest BCUT2D eigenvalue weighted by molar-refractivity contribution is 5.90. The summed E-state index contributed by atoms with van der Waals surface area (Å²) in [5.41, 5.74) is 7.13. The van der Waals surface area contributed by atoms with Crippen LogP contribution in [-0.4, -0.2) is 42.2 Å². The Morgan fingerprint density at radius 2 is 1.97 bits per heavy atom. The molecule has 1 aromatic heterocycles. The van der Waals surface area contributed by atoms with Gasteiger partial charge >= 0.3 is 5.97 Å². The van der Waals surface area contributed by atoms with Gasteiger partial charge in [0.05, 0.1) is 11.5 Å². The molecule has 0 spiro atoms. The molecule has 2 aliphatic heterocycles. The maximum absolute atomic E-state index is 11.5. The van der Waals surface area contributed by atoms with Crippen molar-refractivity contribution in [1.82, 2.24) is 4.90 Å². The zero-order chi connectivity index (χ0) is 24.1. The van der Waals surface area contributed by atoms with Gasteiger partial charge in [0.25, 0.3) is 0 Å². The van der Waals surface area contributed by atoms with E-state index >= 15 is 0 Å². The summed E-state index contributed by atoms with van der Waals surface area (Å²) < 4.78 is 6.40. The number of piperidine rings is 1. The van der Waals surface area contributed by atoms with Gasteiger partial charge in [0.15, 0.2) is 5.58 Å². The molecule has 0 bridgehead atoms. The molecule has 0 radical (unpaired) electrons. The molecule has 0 amide bonds. The number of carboxylic acids is 1. The normalized spacial score (nSPS) is 22.5. The van der Waals surface area contributed by atoms with Gasteiger partial charge in [0.2, 0.25) is 0 Å². The van der Waals surface area contributed by atoms with Crippen LogP contribution in [0.4, 0.5) is 5.69 Å². The van der Waals surface area contributed by atoms with Crippen LogP contribution in [0.2, 0.25) is 0 Å². The Balaban J connectivity index is 1.39. The van der Waals surface area contributed by atoms with Crippen molar-refractivity contribution < 1.29 is 14.3 Å². The molecule has 2 aromatic carbocycles. The van der Waals surface area contributed by atoms with Crippen LogP contribution in [0.1, 0.15) is 60.4 Å². The lowest BCUT2D eigenvalue weighted by molar-refractivity contribution is -0.141. The highest BCUT2D eigenvalue weighted by Crippen LogP contribution is 2.44. The number of nitriles is 1. The first-order valence-electron chi connectivity index (χ1n) is 12.9.